The summed E-state index contributed by atoms with van der Waals surface area (Å²) in [6.45, 7) is 1.67. The van der Waals surface area contributed by atoms with Crippen LogP contribution in [0, 0.1) is 5.82 Å². The van der Waals surface area contributed by atoms with E-state index in [1.807, 2.05) is 6.07 Å². The molecule has 2 rings (SSSR count). The fourth-order valence-corrected chi connectivity index (χ4v) is 1.91. The molecular weight excluding hydrogens is 299 g/mol. The van der Waals surface area contributed by atoms with Gasteiger partial charge in [0.25, 0.3) is 0 Å². The van der Waals surface area contributed by atoms with Crippen LogP contribution in [0.5, 0.6) is 11.5 Å². The maximum Gasteiger partial charge on any atom is 0.134 e. The van der Waals surface area contributed by atoms with Crippen molar-refractivity contribution in [2.75, 3.05) is 0 Å². The molecule has 1 N–H and O–H groups in total. The molecule has 4 heteroatoms. The van der Waals surface area contributed by atoms with Gasteiger partial charge in [-0.1, -0.05) is 22.0 Å². The van der Waals surface area contributed by atoms with Crippen LogP contribution in [-0.4, -0.2) is 5.11 Å². The van der Waals surface area contributed by atoms with E-state index < -0.39 is 6.10 Å². The zero-order valence-electron chi connectivity index (χ0n) is 9.73. The Labute approximate surface area is 113 Å². The first-order valence-corrected chi connectivity index (χ1v) is 6.26. The van der Waals surface area contributed by atoms with Crippen molar-refractivity contribution in [1.82, 2.24) is 0 Å². The Morgan fingerprint density at radius 2 is 1.83 bits per heavy atom. The second-order valence-electron chi connectivity index (χ2n) is 3.91. The van der Waals surface area contributed by atoms with Crippen LogP contribution in [0.3, 0.4) is 0 Å². The minimum atomic E-state index is -0.631. The van der Waals surface area contributed by atoms with Crippen LogP contribution in [0.2, 0.25) is 0 Å². The first-order chi connectivity index (χ1) is 8.56. The number of hydrogen-bond acceptors (Lipinski definition) is 2. The van der Waals surface area contributed by atoms with Gasteiger partial charge in [0, 0.05) is 10.0 Å². The third kappa shape index (κ3) is 3.09. The van der Waals surface area contributed by atoms with Gasteiger partial charge in [-0.2, -0.15) is 0 Å². The highest BCUT2D eigenvalue weighted by Crippen LogP contribution is 2.32. The molecule has 18 heavy (non-hydrogen) atoms. The molecule has 94 valence electrons. The lowest BCUT2D eigenvalue weighted by Crippen LogP contribution is -1.96. The monoisotopic (exact) mass is 310 g/mol. The van der Waals surface area contributed by atoms with Gasteiger partial charge < -0.3 is 9.84 Å². The molecule has 0 aliphatic carbocycles. The highest BCUT2D eigenvalue weighted by Gasteiger charge is 2.10. The molecule has 0 amide bonds. The Kier molecular flexibility index (Phi) is 3.99. The first-order valence-electron chi connectivity index (χ1n) is 5.47. The second-order valence-corrected chi connectivity index (χ2v) is 4.83. The second kappa shape index (κ2) is 5.50. The molecule has 0 aliphatic heterocycles. The van der Waals surface area contributed by atoms with Crippen LogP contribution in [0.25, 0.3) is 0 Å². The van der Waals surface area contributed by atoms with Crippen molar-refractivity contribution in [1.29, 1.82) is 0 Å². The molecule has 0 fully saturated rings. The van der Waals surface area contributed by atoms with Crippen LogP contribution >= 0.6 is 15.9 Å². The van der Waals surface area contributed by atoms with Crippen molar-refractivity contribution < 1.29 is 14.2 Å². The summed E-state index contributed by atoms with van der Waals surface area (Å²) in [5.41, 5.74) is 0.683. The van der Waals surface area contributed by atoms with E-state index in [4.69, 9.17) is 4.74 Å². The molecule has 2 aromatic rings. The summed E-state index contributed by atoms with van der Waals surface area (Å²) in [6, 6.07) is 11.1. The molecule has 0 aromatic heterocycles. The first kappa shape index (κ1) is 13.1. The highest BCUT2D eigenvalue weighted by atomic mass is 79.9. The number of ether oxygens (including phenoxy) is 1. The lowest BCUT2D eigenvalue weighted by atomic mass is 10.1. The van der Waals surface area contributed by atoms with Gasteiger partial charge in [-0.15, -0.1) is 0 Å². The molecule has 0 aliphatic rings. The molecule has 0 bridgehead atoms. The smallest absolute Gasteiger partial charge is 0.134 e. The highest BCUT2D eigenvalue weighted by molar-refractivity contribution is 9.10. The Hall–Kier alpha value is -1.39. The molecule has 1 unspecified atom stereocenters. The summed E-state index contributed by atoms with van der Waals surface area (Å²) in [4.78, 5) is 0. The van der Waals surface area contributed by atoms with E-state index in [-0.39, 0.29) is 5.82 Å². The van der Waals surface area contributed by atoms with E-state index in [9.17, 15) is 9.50 Å². The molecule has 2 nitrogen and oxygen atoms in total. The molecule has 0 saturated heterocycles. The Morgan fingerprint density at radius 3 is 2.44 bits per heavy atom. The van der Waals surface area contributed by atoms with E-state index in [1.54, 1.807) is 31.2 Å². The third-order valence-corrected chi connectivity index (χ3v) is 2.96. The fourth-order valence-electron chi connectivity index (χ4n) is 1.57. The van der Waals surface area contributed by atoms with E-state index in [0.29, 0.717) is 17.1 Å². The summed E-state index contributed by atoms with van der Waals surface area (Å²) in [5.74, 6) is 0.759. The van der Waals surface area contributed by atoms with E-state index in [0.717, 1.165) is 4.47 Å². The van der Waals surface area contributed by atoms with Gasteiger partial charge in [-0.05, 0) is 43.3 Å². The Morgan fingerprint density at radius 1 is 1.17 bits per heavy atom. The van der Waals surface area contributed by atoms with Crippen molar-refractivity contribution in [3.63, 3.8) is 0 Å². The maximum absolute atomic E-state index is 12.8. The number of aliphatic hydroxyl groups excluding tert-OH is 1. The Bertz CT molecular complexity index is 538. The number of hydrogen-bond donors (Lipinski definition) is 1. The Balaban J connectivity index is 2.32. The number of rotatable bonds is 3. The van der Waals surface area contributed by atoms with Crippen LogP contribution < -0.4 is 4.74 Å². The van der Waals surface area contributed by atoms with Crippen molar-refractivity contribution in [3.05, 3.63) is 58.3 Å². The average molecular weight is 311 g/mol. The fraction of sp³-hybridized carbons (Fsp3) is 0.143. The van der Waals surface area contributed by atoms with Crippen LogP contribution in [0.4, 0.5) is 4.39 Å². The third-order valence-electron chi connectivity index (χ3n) is 2.47. The predicted octanol–water partition coefficient (Wildman–Crippen LogP) is 4.43. The zero-order valence-corrected chi connectivity index (χ0v) is 11.3. The van der Waals surface area contributed by atoms with Crippen molar-refractivity contribution >= 4 is 15.9 Å². The largest absolute Gasteiger partial charge is 0.457 e. The summed E-state index contributed by atoms with van der Waals surface area (Å²) >= 11 is 3.35. The van der Waals surface area contributed by atoms with Gasteiger partial charge in [0.15, 0.2) is 0 Å². The SMILES string of the molecule is CC(O)c1ccc(Br)cc1Oc1ccc(F)cc1. The van der Waals surface area contributed by atoms with Gasteiger partial charge in [0.1, 0.15) is 17.3 Å². The van der Waals surface area contributed by atoms with Crippen molar-refractivity contribution in [2.24, 2.45) is 0 Å². The lowest BCUT2D eigenvalue weighted by molar-refractivity contribution is 0.195. The van der Waals surface area contributed by atoms with Gasteiger partial charge in [0.05, 0.1) is 6.10 Å². The summed E-state index contributed by atoms with van der Waals surface area (Å²) in [6.07, 6.45) is -0.631. The number of benzene rings is 2. The minimum absolute atomic E-state index is 0.313. The topological polar surface area (TPSA) is 29.5 Å². The van der Waals surface area contributed by atoms with Gasteiger partial charge in [-0.25, -0.2) is 4.39 Å². The van der Waals surface area contributed by atoms with Gasteiger partial charge in [-0.3, -0.25) is 0 Å². The summed E-state index contributed by atoms with van der Waals surface area (Å²) in [7, 11) is 0. The van der Waals surface area contributed by atoms with E-state index in [1.165, 1.54) is 12.1 Å². The predicted molar refractivity (Wildman–Crippen MR) is 71.2 cm³/mol. The maximum atomic E-state index is 12.8. The quantitative estimate of drug-likeness (QED) is 0.908. The standard InChI is InChI=1S/C14H12BrFO2/c1-9(17)13-7-2-10(15)8-14(13)18-12-5-3-11(16)4-6-12/h2-9,17H,1H3. The van der Waals surface area contributed by atoms with Crippen LogP contribution in [0.1, 0.15) is 18.6 Å². The summed E-state index contributed by atoms with van der Waals surface area (Å²) in [5, 5.41) is 9.66. The summed E-state index contributed by atoms with van der Waals surface area (Å²) < 4.78 is 19.3. The molecule has 1 atom stereocenters. The molecule has 0 radical (unpaired) electrons. The molecule has 2 aromatic carbocycles. The lowest BCUT2D eigenvalue weighted by Gasteiger charge is -2.13. The molecule has 0 saturated carbocycles. The normalized spacial score (nSPS) is 12.2. The molecule has 0 heterocycles. The van der Waals surface area contributed by atoms with Crippen molar-refractivity contribution in [2.45, 2.75) is 13.0 Å². The van der Waals surface area contributed by atoms with E-state index >= 15 is 0 Å². The van der Waals surface area contributed by atoms with Crippen molar-refractivity contribution in [3.8, 4) is 11.5 Å². The molecule has 0 spiro atoms. The van der Waals surface area contributed by atoms with Crippen LogP contribution in [-0.2, 0) is 0 Å². The number of aliphatic hydroxyl groups is 1. The average Bonchev–Trinajstić information content (AvgIpc) is 2.32. The van der Waals surface area contributed by atoms with E-state index in [2.05, 4.69) is 15.9 Å². The number of halogens is 2. The van der Waals surface area contributed by atoms with Gasteiger partial charge >= 0.3 is 0 Å². The zero-order chi connectivity index (χ0) is 13.1. The molecular formula is C14H12BrFO2. The van der Waals surface area contributed by atoms with Crippen LogP contribution in [0.15, 0.2) is 46.9 Å². The minimum Gasteiger partial charge on any atom is -0.457 e. The van der Waals surface area contributed by atoms with Gasteiger partial charge in [0.2, 0.25) is 0 Å².